The van der Waals surface area contributed by atoms with Gasteiger partial charge in [0.1, 0.15) is 5.82 Å². The topological polar surface area (TPSA) is 85.8 Å². The number of carboxylic acid groups (broad SMARTS) is 1. The number of aromatic nitrogens is 1. The van der Waals surface area contributed by atoms with Gasteiger partial charge in [-0.25, -0.2) is 4.39 Å². The number of carboxylic acids is 1. The largest absolute Gasteiger partial charge is 0.481 e. The van der Waals surface area contributed by atoms with Crippen LogP contribution < -0.4 is 10.2 Å². The number of carbonyl (C=O) groups is 2. The molecule has 0 aromatic carbocycles. The average Bonchev–Trinajstić information content (AvgIpc) is 3.02. The fraction of sp³-hybridized carbons (Fsp3) is 0.720. The molecule has 4 saturated carbocycles. The van der Waals surface area contributed by atoms with Gasteiger partial charge in [-0.2, -0.15) is 0 Å². The van der Waals surface area contributed by atoms with E-state index in [0.29, 0.717) is 31.8 Å². The van der Waals surface area contributed by atoms with Crippen LogP contribution in [0.2, 0.25) is 0 Å². The van der Waals surface area contributed by atoms with E-state index >= 15 is 0 Å². The second-order valence-corrected chi connectivity index (χ2v) is 11.3. The van der Waals surface area contributed by atoms with Crippen molar-refractivity contribution in [3.8, 4) is 0 Å². The van der Waals surface area contributed by atoms with Crippen molar-refractivity contribution < 1.29 is 19.1 Å². The minimum Gasteiger partial charge on any atom is -0.481 e. The van der Waals surface area contributed by atoms with E-state index in [0.717, 1.165) is 44.5 Å². The van der Waals surface area contributed by atoms with E-state index in [4.69, 9.17) is 0 Å². The summed E-state index contributed by atoms with van der Waals surface area (Å²) in [6.07, 6.45) is 8.06. The monoisotopic (exact) mass is 458 g/mol. The first-order chi connectivity index (χ1) is 15.7. The summed E-state index contributed by atoms with van der Waals surface area (Å²) in [7, 11) is 0. The summed E-state index contributed by atoms with van der Waals surface area (Å²) < 4.78 is 13.6. The van der Waals surface area contributed by atoms with Gasteiger partial charge in [-0.1, -0.05) is 0 Å². The van der Waals surface area contributed by atoms with Crippen LogP contribution in [0, 0.1) is 29.0 Å². The fourth-order valence-electron chi connectivity index (χ4n) is 7.30. The summed E-state index contributed by atoms with van der Waals surface area (Å²) in [6, 6.07) is 1.60. The zero-order chi connectivity index (χ0) is 23.4. The van der Waals surface area contributed by atoms with Gasteiger partial charge in [0.25, 0.3) is 0 Å². The van der Waals surface area contributed by atoms with E-state index in [1.807, 2.05) is 13.8 Å². The number of carbonyl (C=O) groups excluding carboxylic acids is 1. The number of hydrogen-bond acceptors (Lipinski definition) is 5. The summed E-state index contributed by atoms with van der Waals surface area (Å²) >= 11 is 0. The SMILES string of the molecule is CC(C)(C(=O)NC1C2CC3CC1CC(C(=O)O)(C3)C2)N1CCCN(c2cncc(F)c2)CC1. The van der Waals surface area contributed by atoms with Crippen LogP contribution in [0.4, 0.5) is 10.1 Å². The number of anilines is 1. The number of nitrogens with zero attached hydrogens (tertiary/aromatic N) is 3. The van der Waals surface area contributed by atoms with Gasteiger partial charge in [0, 0.05) is 38.3 Å². The Morgan fingerprint density at radius 2 is 1.85 bits per heavy atom. The molecule has 5 fully saturated rings. The standard InChI is InChI=1S/C25H35FN4O3/c1-24(2,30-5-3-4-29(6-7-30)20-10-19(26)14-27-15-20)22(31)28-21-17-8-16-9-18(21)13-25(11-16,12-17)23(32)33/h10,14-18,21H,3-9,11-13H2,1-2H3,(H,28,31)(H,32,33). The predicted molar refractivity (Wildman–Crippen MR) is 122 cm³/mol. The number of pyridine rings is 1. The van der Waals surface area contributed by atoms with Crippen LogP contribution >= 0.6 is 0 Å². The number of amides is 1. The van der Waals surface area contributed by atoms with Gasteiger partial charge < -0.3 is 15.3 Å². The van der Waals surface area contributed by atoms with E-state index < -0.39 is 16.9 Å². The molecule has 1 aliphatic heterocycles. The molecule has 2 atom stereocenters. The highest BCUT2D eigenvalue weighted by molar-refractivity contribution is 5.86. The Morgan fingerprint density at radius 3 is 2.52 bits per heavy atom. The third-order valence-corrected chi connectivity index (χ3v) is 8.92. The second kappa shape index (κ2) is 8.22. The molecule has 7 nitrogen and oxygen atoms in total. The van der Waals surface area contributed by atoms with Crippen LogP contribution in [0.25, 0.3) is 0 Å². The molecular formula is C25H35FN4O3. The van der Waals surface area contributed by atoms with E-state index in [9.17, 15) is 19.1 Å². The maximum absolute atomic E-state index is 13.6. The molecule has 8 heteroatoms. The first kappa shape index (κ1) is 22.6. The quantitative estimate of drug-likeness (QED) is 0.706. The Balaban J connectivity index is 1.24. The molecule has 0 spiro atoms. The zero-order valence-corrected chi connectivity index (χ0v) is 19.6. The lowest BCUT2D eigenvalue weighted by Crippen LogP contribution is -2.64. The second-order valence-electron chi connectivity index (χ2n) is 11.3. The lowest BCUT2D eigenvalue weighted by molar-refractivity contribution is -0.168. The van der Waals surface area contributed by atoms with Crippen LogP contribution in [0.15, 0.2) is 18.5 Å². The van der Waals surface area contributed by atoms with Gasteiger partial charge in [-0.3, -0.25) is 19.5 Å². The van der Waals surface area contributed by atoms with Crippen molar-refractivity contribution in [3.05, 3.63) is 24.3 Å². The highest BCUT2D eigenvalue weighted by Crippen LogP contribution is 2.60. The van der Waals surface area contributed by atoms with Gasteiger partial charge in [-0.15, -0.1) is 0 Å². The minimum atomic E-state index is -0.671. The molecule has 2 heterocycles. The third-order valence-electron chi connectivity index (χ3n) is 8.92. The van der Waals surface area contributed by atoms with E-state index in [2.05, 4.69) is 20.1 Å². The lowest BCUT2D eigenvalue weighted by Gasteiger charge is -2.58. The molecule has 1 aromatic rings. The molecule has 1 saturated heterocycles. The van der Waals surface area contributed by atoms with E-state index in [1.165, 1.54) is 12.3 Å². The average molecular weight is 459 g/mol. The molecule has 2 unspecified atom stereocenters. The van der Waals surface area contributed by atoms with Crippen LogP contribution in [0.5, 0.6) is 0 Å². The Labute approximate surface area is 194 Å². The number of aliphatic carboxylic acids is 1. The van der Waals surface area contributed by atoms with Gasteiger partial charge in [0.05, 0.1) is 29.0 Å². The Morgan fingerprint density at radius 1 is 1.12 bits per heavy atom. The Bertz CT molecular complexity index is 922. The van der Waals surface area contributed by atoms with Gasteiger partial charge in [0.15, 0.2) is 0 Å². The van der Waals surface area contributed by atoms with Crippen molar-refractivity contribution in [2.24, 2.45) is 23.2 Å². The minimum absolute atomic E-state index is 0.0326. The molecule has 6 rings (SSSR count). The summed E-state index contributed by atoms with van der Waals surface area (Å²) in [4.78, 5) is 33.9. The molecule has 33 heavy (non-hydrogen) atoms. The van der Waals surface area contributed by atoms with Crippen LogP contribution in [-0.2, 0) is 9.59 Å². The van der Waals surface area contributed by atoms with E-state index in [1.54, 1.807) is 6.20 Å². The van der Waals surface area contributed by atoms with Crippen molar-refractivity contribution >= 4 is 17.6 Å². The predicted octanol–water partition coefficient (Wildman–Crippen LogP) is 2.91. The first-order valence-corrected chi connectivity index (χ1v) is 12.3. The van der Waals surface area contributed by atoms with E-state index in [-0.39, 0.29) is 29.6 Å². The number of hydrogen-bond donors (Lipinski definition) is 2. The van der Waals surface area contributed by atoms with Crippen molar-refractivity contribution in [2.75, 3.05) is 31.1 Å². The smallest absolute Gasteiger partial charge is 0.309 e. The summed E-state index contributed by atoms with van der Waals surface area (Å²) in [5.74, 6) is 0.0848. The number of rotatable bonds is 5. The summed E-state index contributed by atoms with van der Waals surface area (Å²) in [5.41, 5.74) is -0.456. The number of nitrogens with one attached hydrogen (secondary N) is 1. The molecule has 180 valence electrons. The van der Waals surface area contributed by atoms with Crippen LogP contribution in [0.3, 0.4) is 0 Å². The summed E-state index contributed by atoms with van der Waals surface area (Å²) in [6.45, 7) is 6.97. The maximum Gasteiger partial charge on any atom is 0.309 e. The molecule has 4 bridgehead atoms. The normalized spacial score (nSPS) is 34.2. The highest BCUT2D eigenvalue weighted by Gasteiger charge is 2.59. The fourth-order valence-corrected chi connectivity index (χ4v) is 7.30. The zero-order valence-electron chi connectivity index (χ0n) is 19.6. The molecule has 0 radical (unpaired) electrons. The lowest BCUT2D eigenvalue weighted by atomic mass is 9.48. The Kier molecular flexibility index (Phi) is 5.62. The molecule has 2 N–H and O–H groups in total. The van der Waals surface area contributed by atoms with Crippen molar-refractivity contribution in [1.82, 2.24) is 15.2 Å². The van der Waals surface area contributed by atoms with Gasteiger partial charge >= 0.3 is 5.97 Å². The molecule has 5 aliphatic rings. The first-order valence-electron chi connectivity index (χ1n) is 12.3. The summed E-state index contributed by atoms with van der Waals surface area (Å²) in [5, 5.41) is 13.2. The number of halogens is 1. The van der Waals surface area contributed by atoms with Gasteiger partial charge in [-0.05, 0) is 70.1 Å². The van der Waals surface area contributed by atoms with Crippen LogP contribution in [0.1, 0.15) is 52.4 Å². The molecular weight excluding hydrogens is 423 g/mol. The van der Waals surface area contributed by atoms with Crippen molar-refractivity contribution in [2.45, 2.75) is 64.0 Å². The molecule has 1 aromatic heterocycles. The van der Waals surface area contributed by atoms with Crippen molar-refractivity contribution in [1.29, 1.82) is 0 Å². The third kappa shape index (κ3) is 4.00. The van der Waals surface area contributed by atoms with Gasteiger partial charge in [0.2, 0.25) is 5.91 Å². The van der Waals surface area contributed by atoms with Crippen LogP contribution in [-0.4, -0.2) is 64.6 Å². The maximum atomic E-state index is 13.6. The Hall–Kier alpha value is -2.22. The van der Waals surface area contributed by atoms with Crippen molar-refractivity contribution in [3.63, 3.8) is 0 Å². The molecule has 1 amide bonds. The highest BCUT2D eigenvalue weighted by atomic mass is 19.1. The molecule has 4 aliphatic carbocycles.